The third-order valence-electron chi connectivity index (χ3n) is 4.50. The Bertz CT molecular complexity index is 775. The molecule has 15 nitrogen and oxygen atoms in total. The van der Waals surface area contributed by atoms with E-state index in [1.165, 1.54) is 0 Å². The summed E-state index contributed by atoms with van der Waals surface area (Å²) in [4.78, 5) is 56.6. The molecular weight excluding hydrogens is 500 g/mol. The number of hydrogen-bond acceptors (Lipinski definition) is 9. The zero-order valence-corrected chi connectivity index (χ0v) is 21.0. The van der Waals surface area contributed by atoms with E-state index in [0.29, 0.717) is 19.4 Å². The van der Waals surface area contributed by atoms with Crippen molar-refractivity contribution in [2.75, 3.05) is 24.6 Å². The van der Waals surface area contributed by atoms with Crippen molar-refractivity contribution in [2.45, 2.75) is 49.9 Å². The lowest BCUT2D eigenvalue weighted by Crippen LogP contribution is -2.57. The Kier molecular flexibility index (Phi) is 16.0. The second kappa shape index (κ2) is 17.5. The molecule has 0 aliphatic heterocycles. The molecule has 0 aliphatic carbocycles. The lowest BCUT2D eigenvalue weighted by atomic mass is 10.1. The second-order valence-corrected chi connectivity index (χ2v) is 8.12. The molecule has 14 N–H and O–H groups in total. The molecule has 4 atom stereocenters. The molecule has 0 aliphatic rings. The van der Waals surface area contributed by atoms with Gasteiger partial charge in [-0.05, 0) is 25.7 Å². The predicted molar refractivity (Wildman–Crippen MR) is 139 cm³/mol. The zero-order chi connectivity index (χ0) is 27.0. The van der Waals surface area contributed by atoms with Crippen LogP contribution in [-0.4, -0.2) is 89.5 Å². The molecule has 0 fully saturated rings. The number of hydrogen-bond donors (Lipinski definition) is 11. The number of carbonyl (C=O) groups excluding carboxylic acids is 3. The monoisotopic (exact) mass is 536 g/mol. The highest BCUT2D eigenvalue weighted by Crippen LogP contribution is 2.03. The van der Waals surface area contributed by atoms with Gasteiger partial charge >= 0.3 is 5.97 Å². The Morgan fingerprint density at radius 3 is 1.60 bits per heavy atom. The molecule has 0 radical (unpaired) electrons. The summed E-state index contributed by atoms with van der Waals surface area (Å²) in [6.07, 6.45) is 1.09. The van der Waals surface area contributed by atoms with Crippen LogP contribution in [0, 0.1) is 0 Å². The van der Waals surface area contributed by atoms with Gasteiger partial charge in [0.2, 0.25) is 17.7 Å². The fourth-order valence-corrected chi connectivity index (χ4v) is 3.13. The minimum Gasteiger partial charge on any atom is -0.480 e. The van der Waals surface area contributed by atoms with Crippen LogP contribution in [0.5, 0.6) is 0 Å². The highest BCUT2D eigenvalue weighted by atomic mass is 32.1. The standard InChI is InChI=1S/C18H36N10O5S2/c19-9(3-1-5-24-17(20)21)13(29)27-11(7-34)15(31)26-10(4-2-6-25-18(22)23)14(30)28-12(8-35)16(32)33/h9-12,34-35H,1-8,19H2,(H,26,31)(H,27,29)(H,28,30)(H,32,33)(H4,20,21,24)(H4,22,23,25). The molecule has 0 spiro atoms. The minimum absolute atomic E-state index is 0.0734. The second-order valence-electron chi connectivity index (χ2n) is 7.39. The van der Waals surface area contributed by atoms with E-state index in [-0.39, 0.29) is 42.8 Å². The first-order valence-corrected chi connectivity index (χ1v) is 11.9. The third-order valence-corrected chi connectivity index (χ3v) is 5.23. The molecule has 0 saturated carbocycles. The molecule has 0 rings (SSSR count). The van der Waals surface area contributed by atoms with Gasteiger partial charge in [0.05, 0.1) is 6.04 Å². The number of amides is 3. The van der Waals surface area contributed by atoms with Crippen molar-refractivity contribution < 1.29 is 24.3 Å². The zero-order valence-electron chi connectivity index (χ0n) is 19.2. The number of aliphatic carboxylic acids is 1. The number of carboxylic acids is 1. The fraction of sp³-hybridized carbons (Fsp3) is 0.667. The Morgan fingerprint density at radius 2 is 1.14 bits per heavy atom. The summed E-state index contributed by atoms with van der Waals surface area (Å²) in [5, 5.41) is 16.4. The largest absolute Gasteiger partial charge is 0.480 e. The minimum atomic E-state index is -1.28. The molecule has 0 aromatic heterocycles. The summed E-state index contributed by atoms with van der Waals surface area (Å²) in [6, 6.07) is -4.43. The number of rotatable bonds is 17. The number of carbonyl (C=O) groups is 4. The van der Waals surface area contributed by atoms with Crippen LogP contribution in [0.1, 0.15) is 25.7 Å². The van der Waals surface area contributed by atoms with Crippen molar-refractivity contribution in [1.29, 1.82) is 0 Å². The topological polar surface area (TPSA) is 279 Å². The Labute approximate surface area is 214 Å². The normalized spacial score (nSPS) is 13.9. The number of thiol groups is 2. The first kappa shape index (κ1) is 32.1. The van der Waals surface area contributed by atoms with Crippen molar-refractivity contribution in [3.05, 3.63) is 0 Å². The molecule has 0 saturated heterocycles. The van der Waals surface area contributed by atoms with Crippen LogP contribution >= 0.6 is 25.3 Å². The molecule has 17 heteroatoms. The number of aliphatic imine (C=N–C) groups is 2. The van der Waals surface area contributed by atoms with Gasteiger partial charge < -0.3 is 49.7 Å². The third kappa shape index (κ3) is 14.2. The van der Waals surface area contributed by atoms with Crippen molar-refractivity contribution in [3.8, 4) is 0 Å². The highest BCUT2D eigenvalue weighted by molar-refractivity contribution is 7.80. The molecule has 200 valence electrons. The first-order valence-electron chi connectivity index (χ1n) is 10.6. The van der Waals surface area contributed by atoms with Crippen molar-refractivity contribution in [3.63, 3.8) is 0 Å². The molecule has 3 amide bonds. The van der Waals surface area contributed by atoms with Crippen LogP contribution in [0.15, 0.2) is 9.98 Å². The molecule has 0 heterocycles. The van der Waals surface area contributed by atoms with Gasteiger partial charge in [-0.3, -0.25) is 24.4 Å². The highest BCUT2D eigenvalue weighted by Gasteiger charge is 2.29. The number of nitrogens with zero attached hydrogens (tertiary/aromatic N) is 2. The average Bonchev–Trinajstić information content (AvgIpc) is 2.79. The van der Waals surface area contributed by atoms with E-state index >= 15 is 0 Å². The number of guanidine groups is 2. The van der Waals surface area contributed by atoms with E-state index in [1.54, 1.807) is 0 Å². The lowest BCUT2D eigenvalue weighted by Gasteiger charge is -2.24. The van der Waals surface area contributed by atoms with Gasteiger partial charge in [0, 0.05) is 24.6 Å². The van der Waals surface area contributed by atoms with E-state index in [2.05, 4.69) is 51.2 Å². The Morgan fingerprint density at radius 1 is 0.714 bits per heavy atom. The maximum absolute atomic E-state index is 12.8. The van der Waals surface area contributed by atoms with Gasteiger partial charge in [-0.15, -0.1) is 0 Å². The SMILES string of the molecule is NC(N)=NCCCC(N)C(=O)NC(CS)C(=O)NC(CCCN=C(N)N)C(=O)NC(CS)C(=O)O. The maximum atomic E-state index is 12.8. The van der Waals surface area contributed by atoms with Gasteiger partial charge in [-0.25, -0.2) is 4.79 Å². The van der Waals surface area contributed by atoms with E-state index < -0.39 is 47.9 Å². The van der Waals surface area contributed by atoms with Gasteiger partial charge in [0.15, 0.2) is 11.9 Å². The molecule has 0 aromatic carbocycles. The van der Waals surface area contributed by atoms with Gasteiger partial charge in [-0.1, -0.05) is 0 Å². The molecule has 4 unspecified atom stereocenters. The van der Waals surface area contributed by atoms with Gasteiger partial charge in [-0.2, -0.15) is 25.3 Å². The maximum Gasteiger partial charge on any atom is 0.327 e. The van der Waals surface area contributed by atoms with Crippen molar-refractivity contribution in [2.24, 2.45) is 38.7 Å². The predicted octanol–water partition coefficient (Wildman–Crippen LogP) is -4.18. The Hall–Kier alpha value is -2.92. The summed E-state index contributed by atoms with van der Waals surface area (Å²) in [7, 11) is 0. The lowest BCUT2D eigenvalue weighted by molar-refractivity contribution is -0.141. The fourth-order valence-electron chi connectivity index (χ4n) is 2.63. The number of carboxylic acid groups (broad SMARTS) is 1. The summed E-state index contributed by atoms with van der Waals surface area (Å²) >= 11 is 7.99. The van der Waals surface area contributed by atoms with Crippen molar-refractivity contribution in [1.82, 2.24) is 16.0 Å². The summed E-state index contributed by atoms with van der Waals surface area (Å²) in [5.74, 6) is -3.79. The van der Waals surface area contributed by atoms with Crippen LogP contribution in [-0.2, 0) is 19.2 Å². The van der Waals surface area contributed by atoms with E-state index in [1.807, 2.05) is 0 Å². The quantitative estimate of drug-likeness (QED) is 0.0369. The summed E-state index contributed by atoms with van der Waals surface area (Å²) < 4.78 is 0. The molecule has 0 aromatic rings. The molecule has 0 bridgehead atoms. The van der Waals surface area contributed by atoms with Crippen LogP contribution in [0.3, 0.4) is 0 Å². The van der Waals surface area contributed by atoms with E-state index in [0.717, 1.165) is 0 Å². The summed E-state index contributed by atoms with van der Waals surface area (Å²) in [5.41, 5.74) is 26.9. The molecular formula is C18H36N10O5S2. The molecule has 35 heavy (non-hydrogen) atoms. The number of nitrogens with one attached hydrogen (secondary N) is 3. The Balaban J connectivity index is 5.18. The van der Waals surface area contributed by atoms with E-state index in [9.17, 15) is 19.2 Å². The van der Waals surface area contributed by atoms with E-state index in [4.69, 9.17) is 33.8 Å². The van der Waals surface area contributed by atoms with Crippen LogP contribution < -0.4 is 44.6 Å². The summed E-state index contributed by atoms with van der Waals surface area (Å²) in [6.45, 7) is 0.471. The van der Waals surface area contributed by atoms with Crippen LogP contribution in [0.2, 0.25) is 0 Å². The average molecular weight is 537 g/mol. The first-order chi connectivity index (χ1) is 16.4. The number of nitrogens with two attached hydrogens (primary N) is 5. The smallest absolute Gasteiger partial charge is 0.327 e. The van der Waals surface area contributed by atoms with Crippen LogP contribution in [0.4, 0.5) is 0 Å². The van der Waals surface area contributed by atoms with Gasteiger partial charge in [0.1, 0.15) is 18.1 Å². The van der Waals surface area contributed by atoms with Gasteiger partial charge in [0.25, 0.3) is 0 Å². The van der Waals surface area contributed by atoms with Crippen LogP contribution in [0.25, 0.3) is 0 Å². The van der Waals surface area contributed by atoms with Crippen molar-refractivity contribution >= 4 is 60.9 Å².